The predicted octanol–water partition coefficient (Wildman–Crippen LogP) is 6.31. The van der Waals surface area contributed by atoms with Gasteiger partial charge in [0.05, 0.1) is 13.0 Å². The van der Waals surface area contributed by atoms with E-state index in [0.29, 0.717) is 35.0 Å². The van der Waals surface area contributed by atoms with Gasteiger partial charge in [0.1, 0.15) is 11.4 Å². The normalized spacial score (nSPS) is 10.7. The minimum absolute atomic E-state index is 0.00347. The van der Waals surface area contributed by atoms with Crippen molar-refractivity contribution in [2.24, 2.45) is 0 Å². The van der Waals surface area contributed by atoms with Gasteiger partial charge in [0.25, 0.3) is 0 Å². The molecular weight excluding hydrogens is 480 g/mol. The second-order valence-corrected chi connectivity index (χ2v) is 8.74. The highest BCUT2D eigenvalue weighted by Gasteiger charge is 2.18. The molecule has 3 aromatic carbocycles. The molecule has 1 amide bonds. The largest absolute Gasteiger partial charge is 0.481 e. The molecule has 8 heteroatoms. The molecule has 0 aliphatic rings. The van der Waals surface area contributed by atoms with Crippen molar-refractivity contribution < 1.29 is 24.0 Å². The summed E-state index contributed by atoms with van der Waals surface area (Å²) in [6, 6.07) is 22.7. The number of carbonyl (C=O) groups excluding carboxylic acids is 1. The third-order valence-electron chi connectivity index (χ3n) is 5.63. The average molecular weight is 505 g/mol. The SMILES string of the molecule is Cc1onc(-c2ccc(Cc3cccc(CC(=O)O)c3)cc2)c1NC(=O)OCCc1ccccc1Cl. The molecule has 0 spiro atoms. The molecule has 1 aromatic heterocycles. The Morgan fingerprint density at radius 2 is 1.75 bits per heavy atom. The lowest BCUT2D eigenvalue weighted by atomic mass is 10.00. The summed E-state index contributed by atoms with van der Waals surface area (Å²) in [5, 5.41) is 16.5. The molecular formula is C28H25ClN2O5. The first-order valence-electron chi connectivity index (χ1n) is 11.4. The van der Waals surface area contributed by atoms with Crippen molar-refractivity contribution in [1.82, 2.24) is 5.16 Å². The summed E-state index contributed by atoms with van der Waals surface area (Å²) < 4.78 is 10.6. The van der Waals surface area contributed by atoms with E-state index in [0.717, 1.165) is 27.8 Å². The zero-order valence-electron chi connectivity index (χ0n) is 19.7. The van der Waals surface area contributed by atoms with Crippen molar-refractivity contribution in [2.75, 3.05) is 11.9 Å². The number of carboxylic acid groups (broad SMARTS) is 1. The van der Waals surface area contributed by atoms with Crippen molar-refractivity contribution >= 4 is 29.4 Å². The number of benzene rings is 3. The van der Waals surface area contributed by atoms with E-state index >= 15 is 0 Å². The summed E-state index contributed by atoms with van der Waals surface area (Å²) in [6.07, 6.45) is 0.557. The molecule has 36 heavy (non-hydrogen) atoms. The van der Waals surface area contributed by atoms with Crippen molar-refractivity contribution in [3.63, 3.8) is 0 Å². The Labute approximate surface area is 213 Å². The van der Waals surface area contributed by atoms with Gasteiger partial charge in [-0.1, -0.05) is 83.5 Å². The van der Waals surface area contributed by atoms with Crippen LogP contribution in [0.2, 0.25) is 5.02 Å². The first kappa shape index (κ1) is 25.0. The molecule has 0 bridgehead atoms. The van der Waals surface area contributed by atoms with Crippen LogP contribution in [0.25, 0.3) is 11.3 Å². The van der Waals surface area contributed by atoms with E-state index in [9.17, 15) is 9.59 Å². The molecule has 0 fully saturated rings. The Bertz CT molecular complexity index is 1360. The van der Waals surface area contributed by atoms with E-state index in [1.165, 1.54) is 0 Å². The zero-order chi connectivity index (χ0) is 25.5. The lowest BCUT2D eigenvalue weighted by molar-refractivity contribution is -0.136. The van der Waals surface area contributed by atoms with Crippen LogP contribution in [0.3, 0.4) is 0 Å². The molecule has 0 atom stereocenters. The number of aromatic nitrogens is 1. The number of aliphatic carboxylic acids is 1. The number of hydrogen-bond acceptors (Lipinski definition) is 5. The lowest BCUT2D eigenvalue weighted by Gasteiger charge is -2.09. The number of amides is 1. The quantitative estimate of drug-likeness (QED) is 0.277. The van der Waals surface area contributed by atoms with Crippen molar-refractivity contribution in [2.45, 2.75) is 26.2 Å². The van der Waals surface area contributed by atoms with Gasteiger partial charge in [0, 0.05) is 17.0 Å². The van der Waals surface area contributed by atoms with Crippen LogP contribution in [0.1, 0.15) is 28.0 Å². The standard InChI is InChI=1S/C28H25ClN2O5/c1-18-26(30-28(34)35-14-13-22-7-2-3-8-24(22)29)27(31-36-18)23-11-9-19(10-12-23)15-20-5-4-6-21(16-20)17-25(32)33/h2-12,16H,13-15,17H2,1H3,(H,30,34)(H,32,33). The van der Waals surface area contributed by atoms with E-state index in [1.807, 2.05) is 66.7 Å². The Balaban J connectivity index is 1.39. The Morgan fingerprint density at radius 1 is 1.00 bits per heavy atom. The van der Waals surface area contributed by atoms with E-state index in [2.05, 4.69) is 10.5 Å². The number of anilines is 1. The van der Waals surface area contributed by atoms with Crippen molar-refractivity contribution in [3.05, 3.63) is 106 Å². The van der Waals surface area contributed by atoms with Gasteiger partial charge in [0.2, 0.25) is 0 Å². The Morgan fingerprint density at radius 3 is 2.50 bits per heavy atom. The topological polar surface area (TPSA) is 102 Å². The highest BCUT2D eigenvalue weighted by atomic mass is 35.5. The van der Waals surface area contributed by atoms with Crippen LogP contribution in [0.4, 0.5) is 10.5 Å². The van der Waals surface area contributed by atoms with E-state index in [1.54, 1.807) is 13.0 Å². The monoisotopic (exact) mass is 504 g/mol. The molecule has 4 rings (SSSR count). The van der Waals surface area contributed by atoms with Gasteiger partial charge in [-0.05, 0) is 41.7 Å². The van der Waals surface area contributed by atoms with Crippen LogP contribution in [-0.2, 0) is 28.8 Å². The lowest BCUT2D eigenvalue weighted by Crippen LogP contribution is -2.16. The number of ether oxygens (including phenoxy) is 1. The van der Waals surface area contributed by atoms with Crippen LogP contribution in [0.15, 0.2) is 77.3 Å². The molecule has 4 aromatic rings. The van der Waals surface area contributed by atoms with Gasteiger partial charge >= 0.3 is 12.1 Å². The highest BCUT2D eigenvalue weighted by molar-refractivity contribution is 6.31. The molecule has 184 valence electrons. The fourth-order valence-corrected chi connectivity index (χ4v) is 4.08. The number of nitrogens with one attached hydrogen (secondary N) is 1. The summed E-state index contributed by atoms with van der Waals surface area (Å²) in [4.78, 5) is 23.4. The maximum Gasteiger partial charge on any atom is 0.411 e. The van der Waals surface area contributed by atoms with Crippen molar-refractivity contribution in [1.29, 1.82) is 0 Å². The summed E-state index contributed by atoms with van der Waals surface area (Å²) in [6.45, 7) is 1.89. The molecule has 2 N–H and O–H groups in total. The smallest absolute Gasteiger partial charge is 0.411 e. The second-order valence-electron chi connectivity index (χ2n) is 8.33. The number of rotatable bonds is 9. The minimum Gasteiger partial charge on any atom is -0.481 e. The van der Waals surface area contributed by atoms with Gasteiger partial charge in [-0.3, -0.25) is 10.1 Å². The summed E-state index contributed by atoms with van der Waals surface area (Å²) in [7, 11) is 0. The van der Waals surface area contributed by atoms with Gasteiger partial charge in [0.15, 0.2) is 5.76 Å². The molecule has 0 saturated carbocycles. The van der Waals surface area contributed by atoms with E-state index in [-0.39, 0.29) is 13.0 Å². The first-order chi connectivity index (χ1) is 17.4. The molecule has 7 nitrogen and oxygen atoms in total. The summed E-state index contributed by atoms with van der Waals surface area (Å²) in [5.74, 6) is -0.388. The van der Waals surface area contributed by atoms with Crippen LogP contribution >= 0.6 is 11.6 Å². The minimum atomic E-state index is -0.853. The fourth-order valence-electron chi connectivity index (χ4n) is 3.85. The number of halogens is 1. The molecule has 1 heterocycles. The Hall–Kier alpha value is -4.10. The molecule has 0 saturated heterocycles. The molecule has 0 aliphatic heterocycles. The summed E-state index contributed by atoms with van der Waals surface area (Å²) >= 11 is 6.15. The third-order valence-corrected chi connectivity index (χ3v) is 6.00. The van der Waals surface area contributed by atoms with Gasteiger partial charge in [-0.2, -0.15) is 0 Å². The maximum absolute atomic E-state index is 12.4. The predicted molar refractivity (Wildman–Crippen MR) is 137 cm³/mol. The van der Waals surface area contributed by atoms with Crippen LogP contribution in [0, 0.1) is 6.92 Å². The van der Waals surface area contributed by atoms with Crippen LogP contribution in [0.5, 0.6) is 0 Å². The van der Waals surface area contributed by atoms with Gasteiger partial charge in [-0.15, -0.1) is 0 Å². The maximum atomic E-state index is 12.4. The van der Waals surface area contributed by atoms with Crippen molar-refractivity contribution in [3.8, 4) is 11.3 Å². The Kier molecular flexibility index (Phi) is 8.02. The fraction of sp³-hybridized carbons (Fsp3) is 0.179. The number of hydrogen-bond donors (Lipinski definition) is 2. The first-order valence-corrected chi connectivity index (χ1v) is 11.8. The number of carbonyl (C=O) groups is 2. The number of aryl methyl sites for hydroxylation is 1. The molecule has 0 unspecified atom stereocenters. The molecule has 0 aliphatic carbocycles. The third kappa shape index (κ3) is 6.52. The zero-order valence-corrected chi connectivity index (χ0v) is 20.4. The van der Waals surface area contributed by atoms with Gasteiger partial charge in [-0.25, -0.2) is 4.79 Å². The van der Waals surface area contributed by atoms with Crippen LogP contribution < -0.4 is 5.32 Å². The number of nitrogens with zero attached hydrogens (tertiary/aromatic N) is 1. The summed E-state index contributed by atoms with van der Waals surface area (Å²) in [5.41, 5.74) is 5.49. The van der Waals surface area contributed by atoms with Crippen LogP contribution in [-0.4, -0.2) is 28.9 Å². The number of carboxylic acids is 1. The highest BCUT2D eigenvalue weighted by Crippen LogP contribution is 2.30. The van der Waals surface area contributed by atoms with E-state index in [4.69, 9.17) is 26.0 Å². The second kappa shape index (κ2) is 11.6. The van der Waals surface area contributed by atoms with E-state index < -0.39 is 12.1 Å². The van der Waals surface area contributed by atoms with Gasteiger partial charge < -0.3 is 14.4 Å². The average Bonchev–Trinajstić information content (AvgIpc) is 3.20. The molecule has 0 radical (unpaired) electrons.